The van der Waals surface area contributed by atoms with Crippen LogP contribution in [0.3, 0.4) is 0 Å². The first-order valence-electron chi connectivity index (χ1n) is 3.55. The quantitative estimate of drug-likeness (QED) is 0.647. The Labute approximate surface area is 84.2 Å². The molecule has 0 spiro atoms. The third-order valence-electron chi connectivity index (χ3n) is 1.63. The Bertz CT molecular complexity index is 506. The van der Waals surface area contributed by atoms with E-state index in [9.17, 15) is 4.79 Å². The van der Waals surface area contributed by atoms with Crippen molar-refractivity contribution < 1.29 is 0 Å². The Morgan fingerprint density at radius 2 is 1.93 bits per heavy atom. The van der Waals surface area contributed by atoms with Gasteiger partial charge in [-0.2, -0.15) is 10.5 Å². The molecular formula is C8H6N4OS. The molecule has 5 nitrogen and oxygen atoms in total. The van der Waals surface area contributed by atoms with E-state index in [-0.39, 0.29) is 16.9 Å². The predicted octanol–water partition coefficient (Wildman–Crippen LogP) is 0.422. The zero-order chi connectivity index (χ0) is 10.7. The highest BCUT2D eigenvalue weighted by molar-refractivity contribution is 7.98. The molecular weight excluding hydrogens is 200 g/mol. The van der Waals surface area contributed by atoms with Crippen LogP contribution in [-0.4, -0.2) is 11.2 Å². The summed E-state index contributed by atoms with van der Waals surface area (Å²) in [5.41, 5.74) is 4.95. The lowest BCUT2D eigenvalue weighted by atomic mass is 10.2. The number of pyridine rings is 1. The Morgan fingerprint density at radius 1 is 1.36 bits per heavy atom. The average Bonchev–Trinajstić information content (AvgIpc) is 2.16. The lowest BCUT2D eigenvalue weighted by Gasteiger charge is -2.04. The first kappa shape index (κ1) is 10.2. The maximum Gasteiger partial charge on any atom is 0.268 e. The van der Waals surface area contributed by atoms with Crippen LogP contribution < -0.4 is 11.3 Å². The van der Waals surface area contributed by atoms with Gasteiger partial charge in [0, 0.05) is 0 Å². The van der Waals surface area contributed by atoms with E-state index in [1.165, 1.54) is 0 Å². The number of nitrogens with two attached hydrogens (primary N) is 1. The van der Waals surface area contributed by atoms with E-state index in [4.69, 9.17) is 16.3 Å². The molecule has 0 aliphatic heterocycles. The van der Waals surface area contributed by atoms with Crippen molar-refractivity contribution in [3.8, 4) is 12.1 Å². The van der Waals surface area contributed by atoms with Gasteiger partial charge in [-0.25, -0.2) is 0 Å². The van der Waals surface area contributed by atoms with E-state index in [1.54, 1.807) is 12.3 Å². The summed E-state index contributed by atoms with van der Waals surface area (Å²) in [4.78, 5) is 13.8. The van der Waals surface area contributed by atoms with Crippen molar-refractivity contribution in [1.29, 1.82) is 10.5 Å². The molecule has 0 radical (unpaired) electrons. The molecule has 70 valence electrons. The van der Waals surface area contributed by atoms with Gasteiger partial charge in [-0.15, -0.1) is 11.8 Å². The number of nitrogens with zero attached hydrogens (tertiary/aromatic N) is 2. The molecule has 1 rings (SSSR count). The van der Waals surface area contributed by atoms with Gasteiger partial charge in [-0.3, -0.25) is 4.79 Å². The van der Waals surface area contributed by atoms with Gasteiger partial charge >= 0.3 is 0 Å². The number of rotatable bonds is 1. The first-order valence-corrected chi connectivity index (χ1v) is 4.78. The lowest BCUT2D eigenvalue weighted by Crippen LogP contribution is -2.15. The molecule has 1 aromatic heterocycles. The van der Waals surface area contributed by atoms with Gasteiger partial charge in [0.15, 0.2) is 0 Å². The number of thioether (sulfide) groups is 1. The minimum Gasteiger partial charge on any atom is -0.384 e. The fraction of sp³-hybridized carbons (Fsp3) is 0.125. The summed E-state index contributed by atoms with van der Waals surface area (Å²) in [5, 5.41) is 17.5. The summed E-state index contributed by atoms with van der Waals surface area (Å²) in [6.45, 7) is 0. The maximum absolute atomic E-state index is 11.2. The fourth-order valence-corrected chi connectivity index (χ4v) is 1.72. The summed E-state index contributed by atoms with van der Waals surface area (Å²) in [6, 6.07) is 3.60. The molecule has 0 saturated heterocycles. The van der Waals surface area contributed by atoms with Crippen LogP contribution >= 0.6 is 11.8 Å². The number of aromatic nitrogens is 1. The second-order valence-corrected chi connectivity index (χ2v) is 3.19. The van der Waals surface area contributed by atoms with Gasteiger partial charge in [0.05, 0.1) is 4.90 Å². The van der Waals surface area contributed by atoms with Gasteiger partial charge in [0.1, 0.15) is 29.1 Å². The van der Waals surface area contributed by atoms with Crippen LogP contribution in [0.25, 0.3) is 0 Å². The number of nitrogen functional groups attached to an aromatic ring is 1. The van der Waals surface area contributed by atoms with Crippen molar-refractivity contribution in [3.05, 3.63) is 21.5 Å². The summed E-state index contributed by atoms with van der Waals surface area (Å²) in [5.74, 6) is 0.000787. The number of nitrogens with one attached hydrogen (secondary N) is 1. The molecule has 0 fully saturated rings. The van der Waals surface area contributed by atoms with Gasteiger partial charge in [0.25, 0.3) is 5.56 Å². The van der Waals surface area contributed by atoms with E-state index >= 15 is 0 Å². The zero-order valence-corrected chi connectivity index (χ0v) is 8.10. The molecule has 0 saturated carbocycles. The molecule has 0 aromatic carbocycles. The highest BCUT2D eigenvalue weighted by Crippen LogP contribution is 2.24. The third kappa shape index (κ3) is 1.43. The minimum absolute atomic E-state index is 0.000787. The fourth-order valence-electron chi connectivity index (χ4n) is 1.01. The van der Waals surface area contributed by atoms with Crippen molar-refractivity contribution in [3.63, 3.8) is 0 Å². The van der Waals surface area contributed by atoms with Crippen LogP contribution in [0, 0.1) is 22.7 Å². The van der Waals surface area contributed by atoms with E-state index in [1.807, 2.05) is 6.07 Å². The van der Waals surface area contributed by atoms with E-state index < -0.39 is 5.56 Å². The molecule has 3 N–H and O–H groups in total. The molecule has 0 bridgehead atoms. The molecule has 1 heterocycles. The monoisotopic (exact) mass is 206 g/mol. The van der Waals surface area contributed by atoms with Crippen LogP contribution in [0.1, 0.15) is 11.1 Å². The highest BCUT2D eigenvalue weighted by Gasteiger charge is 2.14. The predicted molar refractivity (Wildman–Crippen MR) is 52.7 cm³/mol. The third-order valence-corrected chi connectivity index (χ3v) is 2.44. The van der Waals surface area contributed by atoms with Gasteiger partial charge in [-0.1, -0.05) is 0 Å². The average molecular weight is 206 g/mol. The number of hydrogen-bond donors (Lipinski definition) is 2. The van der Waals surface area contributed by atoms with E-state index in [0.717, 1.165) is 11.8 Å². The SMILES string of the molecule is CSc1c(C#N)c(N)[nH]c(=O)c1C#N. The zero-order valence-electron chi connectivity index (χ0n) is 7.29. The number of aromatic amines is 1. The number of anilines is 1. The largest absolute Gasteiger partial charge is 0.384 e. The summed E-state index contributed by atoms with van der Waals surface area (Å²) >= 11 is 1.15. The summed E-state index contributed by atoms with van der Waals surface area (Å²) in [7, 11) is 0. The first-order chi connectivity index (χ1) is 6.65. The summed E-state index contributed by atoms with van der Waals surface area (Å²) in [6.07, 6.45) is 1.68. The minimum atomic E-state index is -0.562. The van der Waals surface area contributed by atoms with E-state index in [2.05, 4.69) is 4.98 Å². The number of hydrogen-bond acceptors (Lipinski definition) is 5. The molecule has 6 heteroatoms. The molecule has 1 aromatic rings. The number of H-pyrrole nitrogens is 1. The van der Waals surface area contributed by atoms with Crippen molar-refractivity contribution in [1.82, 2.24) is 4.98 Å². The molecule has 0 aliphatic carbocycles. The highest BCUT2D eigenvalue weighted by atomic mass is 32.2. The van der Waals surface area contributed by atoms with Gasteiger partial charge < -0.3 is 10.7 Å². The van der Waals surface area contributed by atoms with Gasteiger partial charge in [0.2, 0.25) is 0 Å². The number of nitriles is 2. The van der Waals surface area contributed by atoms with Gasteiger partial charge in [-0.05, 0) is 6.26 Å². The van der Waals surface area contributed by atoms with Crippen LogP contribution in [0.4, 0.5) is 5.82 Å². The van der Waals surface area contributed by atoms with Crippen molar-refractivity contribution >= 4 is 17.6 Å². The second kappa shape index (κ2) is 3.86. The topological polar surface area (TPSA) is 106 Å². The lowest BCUT2D eigenvalue weighted by molar-refractivity contribution is 1.15. The Kier molecular flexibility index (Phi) is 2.80. The van der Waals surface area contributed by atoms with E-state index in [0.29, 0.717) is 4.90 Å². The molecule has 0 aliphatic rings. The normalized spacial score (nSPS) is 9.07. The molecule has 0 atom stereocenters. The van der Waals surface area contributed by atoms with Crippen molar-refractivity contribution in [2.75, 3.05) is 12.0 Å². The van der Waals surface area contributed by atoms with Crippen LogP contribution in [-0.2, 0) is 0 Å². The van der Waals surface area contributed by atoms with Crippen LogP contribution in [0.15, 0.2) is 9.69 Å². The standard InChI is InChI=1S/C8H6N4OS/c1-14-6-4(2-9)7(11)12-8(13)5(6)3-10/h1H3,(H3,11,12,13). The molecule has 0 unspecified atom stereocenters. The maximum atomic E-state index is 11.2. The Morgan fingerprint density at radius 3 is 2.36 bits per heavy atom. The van der Waals surface area contributed by atoms with Crippen molar-refractivity contribution in [2.24, 2.45) is 0 Å². The Balaban J connectivity index is 3.73. The smallest absolute Gasteiger partial charge is 0.268 e. The second-order valence-electron chi connectivity index (χ2n) is 2.37. The van der Waals surface area contributed by atoms with Crippen molar-refractivity contribution in [2.45, 2.75) is 4.90 Å². The molecule has 14 heavy (non-hydrogen) atoms. The summed E-state index contributed by atoms with van der Waals surface area (Å²) < 4.78 is 0. The van der Waals surface area contributed by atoms with Crippen LogP contribution in [0.2, 0.25) is 0 Å². The van der Waals surface area contributed by atoms with Crippen LogP contribution in [0.5, 0.6) is 0 Å². The Hall–Kier alpha value is -1.92. The molecule has 0 amide bonds.